The van der Waals surface area contributed by atoms with Crippen LogP contribution in [0.4, 0.5) is 0 Å². The lowest BCUT2D eigenvalue weighted by Crippen LogP contribution is -1.89. The van der Waals surface area contributed by atoms with Crippen LogP contribution in [0, 0.1) is 0 Å². The first-order valence-electron chi connectivity index (χ1n) is 2.22. The molecule has 1 unspecified atom stereocenters. The molecule has 0 aliphatic carbocycles. The van der Waals surface area contributed by atoms with E-state index in [1.807, 2.05) is 0 Å². The molecule has 1 atom stereocenters. The number of imidazole rings is 1. The highest BCUT2D eigenvalue weighted by atomic mass is 31.0. The van der Waals surface area contributed by atoms with Crippen LogP contribution in [-0.2, 0) is 6.61 Å². The largest absolute Gasteiger partial charge is 0.388 e. The van der Waals surface area contributed by atoms with E-state index >= 15 is 0 Å². The van der Waals surface area contributed by atoms with Crippen LogP contribution >= 0.6 is 9.39 Å². The molecule has 1 rings (SSSR count). The minimum Gasteiger partial charge on any atom is -0.388 e. The molecule has 0 fully saturated rings. The molecule has 0 spiro atoms. The number of aliphatic hydroxyl groups excluding tert-OH is 1. The molecule has 1 aromatic heterocycles. The Morgan fingerprint density at radius 1 is 1.88 bits per heavy atom. The summed E-state index contributed by atoms with van der Waals surface area (Å²) in [5.74, 6) is 0.662. The van der Waals surface area contributed by atoms with Crippen LogP contribution in [0.3, 0.4) is 0 Å². The molecule has 0 aliphatic rings. The molecule has 0 amide bonds. The molecule has 1 heterocycles. The SMILES string of the molecule is OCc1nccn1P. The van der Waals surface area contributed by atoms with E-state index in [2.05, 4.69) is 14.4 Å². The highest BCUT2D eigenvalue weighted by molar-refractivity contribution is 7.14. The third-order valence-electron chi connectivity index (χ3n) is 0.890. The predicted octanol–water partition coefficient (Wildman–Crippen LogP) is 0.0136. The second kappa shape index (κ2) is 2.25. The van der Waals surface area contributed by atoms with Gasteiger partial charge < -0.3 is 9.44 Å². The lowest BCUT2D eigenvalue weighted by atomic mass is 10.7. The van der Waals surface area contributed by atoms with Crippen molar-refractivity contribution in [3.05, 3.63) is 18.2 Å². The molecule has 0 aliphatic heterocycles. The van der Waals surface area contributed by atoms with Gasteiger partial charge in [0.1, 0.15) is 12.4 Å². The number of aliphatic hydroxyl groups is 1. The van der Waals surface area contributed by atoms with Crippen molar-refractivity contribution in [1.29, 1.82) is 0 Å². The van der Waals surface area contributed by atoms with Gasteiger partial charge in [0.2, 0.25) is 0 Å². The third-order valence-corrected chi connectivity index (χ3v) is 1.36. The summed E-state index contributed by atoms with van der Waals surface area (Å²) in [5, 5.41) is 8.51. The maximum atomic E-state index is 8.51. The summed E-state index contributed by atoms with van der Waals surface area (Å²) in [5.41, 5.74) is 0. The zero-order valence-corrected chi connectivity index (χ0v) is 5.44. The van der Waals surface area contributed by atoms with Gasteiger partial charge in [0.05, 0.1) is 0 Å². The molecule has 3 nitrogen and oxygen atoms in total. The zero-order chi connectivity index (χ0) is 5.98. The molecule has 44 valence electrons. The van der Waals surface area contributed by atoms with E-state index in [9.17, 15) is 0 Å². The van der Waals surface area contributed by atoms with E-state index in [0.717, 1.165) is 0 Å². The number of aromatic nitrogens is 2. The molecule has 0 bridgehead atoms. The van der Waals surface area contributed by atoms with Gasteiger partial charge in [-0.15, -0.1) is 0 Å². The number of nitrogens with zero attached hydrogens (tertiary/aromatic N) is 2. The standard InChI is InChI=1S/C4H7N2OP/c7-3-4-5-1-2-6(4)8/h1-2,7H,3,8H2. The second-order valence-electron chi connectivity index (χ2n) is 1.41. The predicted molar refractivity (Wildman–Crippen MR) is 33.3 cm³/mol. The Kier molecular flexibility index (Phi) is 1.61. The van der Waals surface area contributed by atoms with Crippen molar-refractivity contribution < 1.29 is 5.11 Å². The fraction of sp³-hybridized carbons (Fsp3) is 0.250. The topological polar surface area (TPSA) is 38.1 Å². The molecule has 8 heavy (non-hydrogen) atoms. The highest BCUT2D eigenvalue weighted by Crippen LogP contribution is 1.99. The van der Waals surface area contributed by atoms with Crippen molar-refractivity contribution in [3.8, 4) is 0 Å². The van der Waals surface area contributed by atoms with Crippen LogP contribution in [0.25, 0.3) is 0 Å². The summed E-state index contributed by atoms with van der Waals surface area (Å²) >= 11 is 0. The first-order valence-corrected chi connectivity index (χ1v) is 2.74. The summed E-state index contributed by atoms with van der Waals surface area (Å²) < 4.78 is 1.69. The Labute approximate surface area is 49.6 Å². The fourth-order valence-electron chi connectivity index (χ4n) is 0.466. The Morgan fingerprint density at radius 3 is 2.88 bits per heavy atom. The van der Waals surface area contributed by atoms with Gasteiger partial charge in [0.25, 0.3) is 0 Å². The Morgan fingerprint density at radius 2 is 2.62 bits per heavy atom. The monoisotopic (exact) mass is 130 g/mol. The second-order valence-corrected chi connectivity index (χ2v) is 1.97. The quantitative estimate of drug-likeness (QED) is 0.544. The summed E-state index contributed by atoms with van der Waals surface area (Å²) in [6, 6.07) is 0. The lowest BCUT2D eigenvalue weighted by Gasteiger charge is -1.91. The molecular weight excluding hydrogens is 123 g/mol. The van der Waals surface area contributed by atoms with Crippen molar-refractivity contribution >= 4 is 9.39 Å². The van der Waals surface area contributed by atoms with E-state index in [4.69, 9.17) is 5.11 Å². The minimum atomic E-state index is -0.00347. The minimum absolute atomic E-state index is 0.00347. The van der Waals surface area contributed by atoms with Gasteiger partial charge in [0.15, 0.2) is 0 Å². The van der Waals surface area contributed by atoms with Crippen molar-refractivity contribution in [3.63, 3.8) is 0 Å². The van der Waals surface area contributed by atoms with Gasteiger partial charge in [0, 0.05) is 12.4 Å². The van der Waals surface area contributed by atoms with Crippen molar-refractivity contribution in [2.75, 3.05) is 0 Å². The van der Waals surface area contributed by atoms with Gasteiger partial charge in [-0.2, -0.15) is 0 Å². The molecule has 1 N–H and O–H groups in total. The molecular formula is C4H7N2OP. The van der Waals surface area contributed by atoms with Crippen LogP contribution < -0.4 is 0 Å². The number of hydrogen-bond acceptors (Lipinski definition) is 2. The Hall–Kier alpha value is -0.400. The maximum Gasteiger partial charge on any atom is 0.137 e. The number of rotatable bonds is 1. The van der Waals surface area contributed by atoms with Crippen LogP contribution in [0.15, 0.2) is 12.4 Å². The normalized spacial score (nSPS) is 9.75. The molecule has 0 radical (unpaired) electrons. The van der Waals surface area contributed by atoms with Gasteiger partial charge in [-0.1, -0.05) is 0 Å². The van der Waals surface area contributed by atoms with Crippen molar-refractivity contribution in [2.24, 2.45) is 0 Å². The smallest absolute Gasteiger partial charge is 0.137 e. The van der Waals surface area contributed by atoms with Crippen LogP contribution in [0.5, 0.6) is 0 Å². The number of hydrogen-bond donors (Lipinski definition) is 1. The van der Waals surface area contributed by atoms with E-state index in [0.29, 0.717) is 5.82 Å². The Balaban J connectivity index is 2.92. The molecule has 4 heteroatoms. The zero-order valence-electron chi connectivity index (χ0n) is 4.28. The average molecular weight is 130 g/mol. The summed E-state index contributed by atoms with van der Waals surface area (Å²) in [4.78, 5) is 3.83. The lowest BCUT2D eigenvalue weighted by molar-refractivity contribution is 0.271. The molecule has 0 saturated carbocycles. The van der Waals surface area contributed by atoms with Gasteiger partial charge >= 0.3 is 0 Å². The van der Waals surface area contributed by atoms with Gasteiger partial charge in [-0.3, -0.25) is 0 Å². The summed E-state index contributed by atoms with van der Waals surface area (Å²) in [6.45, 7) is -0.00347. The van der Waals surface area contributed by atoms with Crippen LogP contribution in [0.2, 0.25) is 0 Å². The van der Waals surface area contributed by atoms with Crippen LogP contribution in [-0.4, -0.2) is 14.4 Å². The fourth-order valence-corrected chi connectivity index (χ4v) is 0.692. The van der Waals surface area contributed by atoms with Crippen molar-refractivity contribution in [1.82, 2.24) is 9.32 Å². The average Bonchev–Trinajstić information content (AvgIpc) is 2.14. The van der Waals surface area contributed by atoms with E-state index in [-0.39, 0.29) is 6.61 Å². The molecule has 0 aromatic carbocycles. The summed E-state index contributed by atoms with van der Waals surface area (Å²) in [7, 11) is 2.41. The first kappa shape index (κ1) is 5.73. The Bertz CT molecular complexity index is 174. The van der Waals surface area contributed by atoms with Crippen LogP contribution in [0.1, 0.15) is 5.82 Å². The van der Waals surface area contributed by atoms with E-state index in [1.165, 1.54) is 0 Å². The maximum absolute atomic E-state index is 8.51. The highest BCUT2D eigenvalue weighted by Gasteiger charge is 1.91. The van der Waals surface area contributed by atoms with Crippen molar-refractivity contribution in [2.45, 2.75) is 6.61 Å². The molecule has 1 aromatic rings. The third kappa shape index (κ3) is 0.881. The van der Waals surface area contributed by atoms with Gasteiger partial charge in [-0.25, -0.2) is 4.98 Å². The van der Waals surface area contributed by atoms with E-state index in [1.54, 1.807) is 16.7 Å². The molecule has 0 saturated heterocycles. The first-order chi connectivity index (χ1) is 3.84. The summed E-state index contributed by atoms with van der Waals surface area (Å²) in [6.07, 6.45) is 3.40. The van der Waals surface area contributed by atoms with E-state index < -0.39 is 0 Å². The van der Waals surface area contributed by atoms with Gasteiger partial charge in [-0.05, 0) is 9.39 Å².